The summed E-state index contributed by atoms with van der Waals surface area (Å²) in [7, 11) is -4.01. The van der Waals surface area contributed by atoms with E-state index in [-0.39, 0.29) is 28.7 Å². The first-order chi connectivity index (χ1) is 19.1. The quantitative estimate of drug-likeness (QED) is 0.265. The number of anilines is 1. The zero-order valence-electron chi connectivity index (χ0n) is 23.0. The van der Waals surface area contributed by atoms with Crippen molar-refractivity contribution in [3.8, 4) is 0 Å². The molecular formula is C29H31Cl4N3O4S. The smallest absolute Gasteiger partial charge is 0.244 e. The van der Waals surface area contributed by atoms with Gasteiger partial charge >= 0.3 is 0 Å². The molecule has 7 nitrogen and oxygen atoms in total. The summed E-state index contributed by atoms with van der Waals surface area (Å²) in [6, 6.07) is 17.5. The van der Waals surface area contributed by atoms with Gasteiger partial charge in [-0.25, -0.2) is 8.42 Å². The number of carbonyl (C=O) groups excluding carboxylic acids is 2. The number of nitrogens with zero attached hydrogens (tertiary/aromatic N) is 2. The van der Waals surface area contributed by atoms with E-state index >= 15 is 0 Å². The predicted molar refractivity (Wildman–Crippen MR) is 167 cm³/mol. The highest BCUT2D eigenvalue weighted by Gasteiger charge is 2.35. The standard InChI is InChI=1S/C29H31Cl4N3O4S/c1-29(2,3)34-28(38)25(15-19-9-6-5-7-10-19)35(17-20-13-14-21(30)16-23(20)32)26(37)18-36(41(4,39)40)24-12-8-11-22(31)27(24)33/h5-14,16,25H,15,17-18H2,1-4H3,(H,34,38)/t25-/m0/s1. The first kappa shape index (κ1) is 33.0. The van der Waals surface area contributed by atoms with E-state index in [4.69, 9.17) is 46.4 Å². The average Bonchev–Trinajstić information content (AvgIpc) is 2.86. The van der Waals surface area contributed by atoms with Crippen LogP contribution in [0.2, 0.25) is 20.1 Å². The lowest BCUT2D eigenvalue weighted by atomic mass is 10.0. The van der Waals surface area contributed by atoms with Crippen molar-refractivity contribution in [3.05, 3.63) is 97.9 Å². The van der Waals surface area contributed by atoms with Crippen LogP contribution < -0.4 is 9.62 Å². The Bertz CT molecular complexity index is 1510. The molecule has 0 aliphatic rings. The molecule has 41 heavy (non-hydrogen) atoms. The minimum atomic E-state index is -4.01. The monoisotopic (exact) mass is 657 g/mol. The molecule has 0 saturated carbocycles. The Morgan fingerprint density at radius 3 is 2.15 bits per heavy atom. The Balaban J connectivity index is 2.13. The summed E-state index contributed by atoms with van der Waals surface area (Å²) in [5, 5.41) is 3.76. The minimum Gasteiger partial charge on any atom is -0.350 e. The zero-order valence-corrected chi connectivity index (χ0v) is 26.8. The van der Waals surface area contributed by atoms with Gasteiger partial charge in [-0.2, -0.15) is 0 Å². The van der Waals surface area contributed by atoms with Crippen LogP contribution in [0.15, 0.2) is 66.7 Å². The Hall–Kier alpha value is -2.49. The number of nitrogens with one attached hydrogen (secondary N) is 1. The molecule has 2 amide bonds. The second-order valence-electron chi connectivity index (χ2n) is 10.5. The Morgan fingerprint density at radius 1 is 0.902 bits per heavy atom. The fourth-order valence-corrected chi connectivity index (χ4v) is 5.89. The second kappa shape index (κ2) is 13.7. The van der Waals surface area contributed by atoms with Crippen molar-refractivity contribution in [2.75, 3.05) is 17.1 Å². The molecule has 1 N–H and O–H groups in total. The maximum Gasteiger partial charge on any atom is 0.244 e. The van der Waals surface area contributed by atoms with Crippen molar-refractivity contribution >= 4 is 73.9 Å². The second-order valence-corrected chi connectivity index (χ2v) is 14.1. The lowest BCUT2D eigenvalue weighted by molar-refractivity contribution is -0.140. The summed E-state index contributed by atoms with van der Waals surface area (Å²) in [6.07, 6.45) is 1.13. The van der Waals surface area contributed by atoms with Gasteiger partial charge in [-0.3, -0.25) is 13.9 Å². The summed E-state index contributed by atoms with van der Waals surface area (Å²) in [5.74, 6) is -1.06. The van der Waals surface area contributed by atoms with Gasteiger partial charge < -0.3 is 10.2 Å². The molecular weight excluding hydrogens is 628 g/mol. The summed E-state index contributed by atoms with van der Waals surface area (Å²) in [4.78, 5) is 29.2. The van der Waals surface area contributed by atoms with Crippen molar-refractivity contribution in [1.29, 1.82) is 0 Å². The molecule has 0 unspecified atom stereocenters. The first-order valence-corrected chi connectivity index (χ1v) is 15.9. The summed E-state index contributed by atoms with van der Waals surface area (Å²) < 4.78 is 26.7. The lowest BCUT2D eigenvalue weighted by Gasteiger charge is -2.35. The van der Waals surface area contributed by atoms with Gasteiger partial charge in [0.15, 0.2) is 0 Å². The van der Waals surface area contributed by atoms with E-state index < -0.39 is 40.0 Å². The van der Waals surface area contributed by atoms with Gasteiger partial charge in [0.2, 0.25) is 21.8 Å². The first-order valence-electron chi connectivity index (χ1n) is 12.6. The number of amides is 2. The van der Waals surface area contributed by atoms with Crippen molar-refractivity contribution in [2.24, 2.45) is 0 Å². The highest BCUT2D eigenvalue weighted by atomic mass is 35.5. The van der Waals surface area contributed by atoms with Gasteiger partial charge in [0.25, 0.3) is 0 Å². The van der Waals surface area contributed by atoms with Crippen LogP contribution in [0.25, 0.3) is 0 Å². The van der Waals surface area contributed by atoms with Crippen LogP contribution >= 0.6 is 46.4 Å². The van der Waals surface area contributed by atoms with E-state index in [1.165, 1.54) is 29.2 Å². The number of sulfonamides is 1. The highest BCUT2D eigenvalue weighted by molar-refractivity contribution is 7.92. The Morgan fingerprint density at radius 2 is 1.56 bits per heavy atom. The fraction of sp³-hybridized carbons (Fsp3) is 0.310. The molecule has 0 fully saturated rings. The molecule has 0 spiro atoms. The molecule has 0 aromatic heterocycles. The number of halogens is 4. The van der Waals surface area contributed by atoms with Crippen LogP contribution in [0.4, 0.5) is 5.69 Å². The topological polar surface area (TPSA) is 86.8 Å². The average molecular weight is 659 g/mol. The van der Waals surface area contributed by atoms with E-state index in [1.807, 2.05) is 51.1 Å². The number of benzene rings is 3. The van der Waals surface area contributed by atoms with E-state index in [9.17, 15) is 18.0 Å². The summed E-state index contributed by atoms with van der Waals surface area (Å²) in [5.41, 5.74) is 0.765. The van der Waals surface area contributed by atoms with Crippen LogP contribution in [0.3, 0.4) is 0 Å². The predicted octanol–water partition coefficient (Wildman–Crippen LogP) is 6.62. The molecule has 3 aromatic carbocycles. The van der Waals surface area contributed by atoms with Gasteiger partial charge in [0.1, 0.15) is 12.6 Å². The summed E-state index contributed by atoms with van der Waals surface area (Å²) in [6.45, 7) is 4.76. The van der Waals surface area contributed by atoms with Crippen LogP contribution in [0.5, 0.6) is 0 Å². The third-order valence-corrected chi connectivity index (χ3v) is 8.53. The SMILES string of the molecule is CC(C)(C)NC(=O)[C@H](Cc1ccccc1)N(Cc1ccc(Cl)cc1Cl)C(=O)CN(c1cccc(Cl)c1Cl)S(C)(=O)=O. The van der Waals surface area contributed by atoms with Crippen molar-refractivity contribution in [2.45, 2.75) is 45.3 Å². The molecule has 0 aliphatic carbocycles. The van der Waals surface area contributed by atoms with Crippen LogP contribution in [-0.2, 0) is 32.6 Å². The van der Waals surface area contributed by atoms with E-state index in [0.717, 1.165) is 16.1 Å². The van der Waals surface area contributed by atoms with Crippen molar-refractivity contribution < 1.29 is 18.0 Å². The molecule has 0 bridgehead atoms. The molecule has 0 aliphatic heterocycles. The van der Waals surface area contributed by atoms with Gasteiger partial charge in [-0.15, -0.1) is 0 Å². The van der Waals surface area contributed by atoms with Crippen LogP contribution in [0.1, 0.15) is 31.9 Å². The van der Waals surface area contributed by atoms with E-state index in [1.54, 1.807) is 12.1 Å². The molecule has 0 heterocycles. The van der Waals surface area contributed by atoms with E-state index in [2.05, 4.69) is 5.32 Å². The van der Waals surface area contributed by atoms with Gasteiger partial charge in [-0.05, 0) is 56.2 Å². The maximum atomic E-state index is 14.1. The number of rotatable bonds is 10. The largest absolute Gasteiger partial charge is 0.350 e. The third-order valence-electron chi connectivity index (χ3n) is 6.00. The number of hydrogen-bond acceptors (Lipinski definition) is 4. The number of hydrogen-bond donors (Lipinski definition) is 1. The molecule has 0 saturated heterocycles. The van der Waals surface area contributed by atoms with Crippen molar-refractivity contribution in [3.63, 3.8) is 0 Å². The Labute approximate surface area is 261 Å². The van der Waals surface area contributed by atoms with Crippen LogP contribution in [-0.4, -0.2) is 49.5 Å². The Kier molecular flexibility index (Phi) is 11.0. The molecule has 3 rings (SSSR count). The highest BCUT2D eigenvalue weighted by Crippen LogP contribution is 2.34. The van der Waals surface area contributed by atoms with Gasteiger partial charge in [0, 0.05) is 28.5 Å². The number of carbonyl (C=O) groups is 2. The summed E-state index contributed by atoms with van der Waals surface area (Å²) >= 11 is 25.1. The minimum absolute atomic E-state index is 0.0222. The normalized spacial score (nSPS) is 12.5. The lowest BCUT2D eigenvalue weighted by Crippen LogP contribution is -2.56. The van der Waals surface area contributed by atoms with E-state index in [0.29, 0.717) is 15.6 Å². The third kappa shape index (κ3) is 9.25. The molecule has 0 radical (unpaired) electrons. The molecule has 1 atom stereocenters. The zero-order chi connectivity index (χ0) is 30.5. The maximum absolute atomic E-state index is 14.1. The van der Waals surface area contributed by atoms with Gasteiger partial charge in [-0.1, -0.05) is 88.9 Å². The van der Waals surface area contributed by atoms with Crippen LogP contribution in [0, 0.1) is 0 Å². The molecule has 220 valence electrons. The van der Waals surface area contributed by atoms with Gasteiger partial charge in [0.05, 0.1) is 22.0 Å². The molecule has 12 heteroatoms. The molecule has 3 aromatic rings. The fourth-order valence-electron chi connectivity index (χ4n) is 4.12. The van der Waals surface area contributed by atoms with Crippen molar-refractivity contribution in [1.82, 2.24) is 10.2 Å².